The molecule has 0 saturated carbocycles. The van der Waals surface area contributed by atoms with E-state index in [9.17, 15) is 14.4 Å². The molecule has 2 fully saturated rings. The Morgan fingerprint density at radius 1 is 1.05 bits per heavy atom. The molecule has 3 aliphatic rings. The molecule has 2 saturated heterocycles. The van der Waals surface area contributed by atoms with Crippen LogP contribution >= 0.6 is 11.8 Å². The summed E-state index contributed by atoms with van der Waals surface area (Å²) < 4.78 is 5.24. The quantitative estimate of drug-likeness (QED) is 0.370. The van der Waals surface area contributed by atoms with Crippen LogP contribution in [0, 0.1) is 11.8 Å². The van der Waals surface area contributed by atoms with Crippen molar-refractivity contribution in [1.82, 2.24) is 20.5 Å². The molecular weight excluding hydrogens is 526 g/mol. The number of urea groups is 1. The molecule has 6 rings (SSSR count). The van der Waals surface area contributed by atoms with E-state index in [2.05, 4.69) is 27.4 Å². The number of nitrogens with zero attached hydrogens (tertiary/aromatic N) is 3. The van der Waals surface area contributed by atoms with Gasteiger partial charge in [0.25, 0.3) is 11.8 Å². The van der Waals surface area contributed by atoms with Crippen LogP contribution in [0.2, 0.25) is 0 Å². The fourth-order valence-corrected chi connectivity index (χ4v) is 5.97. The summed E-state index contributed by atoms with van der Waals surface area (Å²) in [5.74, 6) is 8.93. The van der Waals surface area contributed by atoms with Crippen molar-refractivity contribution in [3.8, 4) is 28.8 Å². The average Bonchev–Trinajstić information content (AvgIpc) is 3.45. The highest BCUT2D eigenvalue weighted by atomic mass is 32.2. The van der Waals surface area contributed by atoms with E-state index in [1.807, 2.05) is 60.3 Å². The Labute approximate surface area is 236 Å². The largest absolute Gasteiger partial charge is 0.497 e. The minimum Gasteiger partial charge on any atom is -0.497 e. The normalized spacial score (nSPS) is 20.0. The molecule has 0 unspecified atom stereocenters. The van der Waals surface area contributed by atoms with Gasteiger partial charge in [-0.2, -0.15) is 11.8 Å². The molecular formula is C30H27N5O4S. The van der Waals surface area contributed by atoms with E-state index in [0.717, 1.165) is 47.2 Å². The standard InChI is InChI=1S/C30H27N5O4S/c1-39-23-10-9-22-18-35(27(36)24(22)17-23)19-30(28(37)32-29(38)33-30)12-11-20-5-7-21(8-6-20)25-3-2-4-26(31-25)34-13-15-40-16-14-34/h2-10,17H,13-16,18-19H2,1H3,(H2,32,33,37,38)/t30-/m1/s1. The Morgan fingerprint density at radius 2 is 1.85 bits per heavy atom. The maximum atomic E-state index is 13.1. The fraction of sp³-hybridized carbons (Fsp3) is 0.267. The molecule has 202 valence electrons. The van der Waals surface area contributed by atoms with Gasteiger partial charge in [0.1, 0.15) is 11.6 Å². The first kappa shape index (κ1) is 25.8. The van der Waals surface area contributed by atoms with Gasteiger partial charge in [0.05, 0.1) is 19.3 Å². The Kier molecular flexibility index (Phi) is 6.82. The van der Waals surface area contributed by atoms with Crippen molar-refractivity contribution in [3.63, 3.8) is 0 Å². The van der Waals surface area contributed by atoms with Crippen molar-refractivity contribution in [2.24, 2.45) is 0 Å². The number of thioether (sulfide) groups is 1. The second-order valence-electron chi connectivity index (χ2n) is 9.81. The monoisotopic (exact) mass is 553 g/mol. The second kappa shape index (κ2) is 10.6. The van der Waals surface area contributed by atoms with E-state index in [-0.39, 0.29) is 12.5 Å². The Bertz CT molecular complexity index is 1560. The number of carbonyl (C=O) groups excluding carboxylic acids is 3. The highest BCUT2D eigenvalue weighted by molar-refractivity contribution is 7.99. The highest BCUT2D eigenvalue weighted by Crippen LogP contribution is 2.29. The van der Waals surface area contributed by atoms with Crippen LogP contribution in [0.1, 0.15) is 21.5 Å². The van der Waals surface area contributed by atoms with Crippen molar-refractivity contribution in [2.75, 3.05) is 43.1 Å². The van der Waals surface area contributed by atoms with E-state index < -0.39 is 17.5 Å². The lowest BCUT2D eigenvalue weighted by atomic mass is 9.98. The topological polar surface area (TPSA) is 104 Å². The smallest absolute Gasteiger partial charge is 0.323 e. The number of methoxy groups -OCH3 is 1. The van der Waals surface area contributed by atoms with Gasteiger partial charge in [-0.05, 0) is 42.0 Å². The van der Waals surface area contributed by atoms with Crippen LogP contribution in [0.25, 0.3) is 11.3 Å². The molecule has 0 aliphatic carbocycles. The highest BCUT2D eigenvalue weighted by Gasteiger charge is 2.48. The summed E-state index contributed by atoms with van der Waals surface area (Å²) in [6, 6.07) is 18.3. The zero-order chi connectivity index (χ0) is 27.7. The van der Waals surface area contributed by atoms with Crippen LogP contribution in [-0.4, -0.2) is 71.5 Å². The molecule has 1 atom stereocenters. The SMILES string of the molecule is COc1ccc2c(c1)C(=O)N(C[C@@]1(C#Cc3ccc(-c4cccc(N5CCSCC5)n4)cc3)NC(=O)NC1=O)C2. The van der Waals surface area contributed by atoms with Crippen molar-refractivity contribution in [3.05, 3.63) is 77.4 Å². The summed E-state index contributed by atoms with van der Waals surface area (Å²) in [6.07, 6.45) is 0. The number of carbonyl (C=O) groups is 3. The van der Waals surface area contributed by atoms with Crippen LogP contribution in [0.5, 0.6) is 5.75 Å². The predicted octanol–water partition coefficient (Wildman–Crippen LogP) is 2.90. The first-order valence-corrected chi connectivity index (χ1v) is 14.1. The van der Waals surface area contributed by atoms with Crippen molar-refractivity contribution in [1.29, 1.82) is 0 Å². The van der Waals surface area contributed by atoms with Crippen molar-refractivity contribution >= 4 is 35.4 Å². The zero-order valence-electron chi connectivity index (χ0n) is 21.9. The minimum absolute atomic E-state index is 0.0861. The van der Waals surface area contributed by atoms with Gasteiger partial charge < -0.3 is 19.9 Å². The van der Waals surface area contributed by atoms with E-state index >= 15 is 0 Å². The number of fused-ring (bicyclic) bond motifs is 1. The maximum Gasteiger partial charge on any atom is 0.323 e. The maximum absolute atomic E-state index is 13.1. The number of anilines is 1. The molecule has 2 N–H and O–H groups in total. The Balaban J connectivity index is 1.22. The molecule has 0 bridgehead atoms. The van der Waals surface area contributed by atoms with Crippen LogP contribution in [-0.2, 0) is 11.3 Å². The first-order valence-electron chi connectivity index (χ1n) is 13.0. The molecule has 4 heterocycles. The lowest BCUT2D eigenvalue weighted by Gasteiger charge is -2.27. The van der Waals surface area contributed by atoms with Crippen molar-refractivity contribution < 1.29 is 19.1 Å². The average molecular weight is 554 g/mol. The molecule has 0 spiro atoms. The van der Waals surface area contributed by atoms with E-state index in [4.69, 9.17) is 9.72 Å². The molecule has 3 aliphatic heterocycles. The van der Waals surface area contributed by atoms with Gasteiger partial charge in [-0.25, -0.2) is 9.78 Å². The summed E-state index contributed by atoms with van der Waals surface area (Å²) in [5.41, 5.74) is 2.27. The fourth-order valence-electron chi connectivity index (χ4n) is 5.07. The molecule has 40 heavy (non-hydrogen) atoms. The summed E-state index contributed by atoms with van der Waals surface area (Å²) >= 11 is 1.96. The summed E-state index contributed by atoms with van der Waals surface area (Å²) in [6.45, 7) is 2.20. The molecule has 4 amide bonds. The number of amides is 4. The number of imide groups is 1. The van der Waals surface area contributed by atoms with E-state index in [1.165, 1.54) is 12.0 Å². The van der Waals surface area contributed by atoms with Gasteiger partial charge >= 0.3 is 6.03 Å². The van der Waals surface area contributed by atoms with Gasteiger partial charge in [-0.1, -0.05) is 36.1 Å². The number of benzene rings is 2. The number of aromatic nitrogens is 1. The van der Waals surface area contributed by atoms with E-state index in [0.29, 0.717) is 23.4 Å². The van der Waals surface area contributed by atoms with E-state index in [1.54, 1.807) is 12.1 Å². The molecule has 0 radical (unpaired) electrons. The first-order chi connectivity index (χ1) is 19.4. The summed E-state index contributed by atoms with van der Waals surface area (Å²) in [7, 11) is 1.54. The third-order valence-corrected chi connectivity index (χ3v) is 8.18. The van der Waals surface area contributed by atoms with Gasteiger partial charge in [-0.15, -0.1) is 0 Å². The molecule has 2 aromatic carbocycles. The number of ether oxygens (including phenoxy) is 1. The predicted molar refractivity (Wildman–Crippen MR) is 153 cm³/mol. The van der Waals surface area contributed by atoms with Crippen molar-refractivity contribution in [2.45, 2.75) is 12.1 Å². The van der Waals surface area contributed by atoms with Gasteiger partial charge in [0.15, 0.2) is 0 Å². The van der Waals surface area contributed by atoms with Crippen LogP contribution in [0.4, 0.5) is 10.6 Å². The third kappa shape index (κ3) is 4.96. The number of hydrogen-bond donors (Lipinski definition) is 2. The van der Waals surface area contributed by atoms with Gasteiger partial charge in [0.2, 0.25) is 5.54 Å². The summed E-state index contributed by atoms with van der Waals surface area (Å²) in [4.78, 5) is 46.9. The van der Waals surface area contributed by atoms with Gasteiger partial charge in [-0.3, -0.25) is 14.9 Å². The second-order valence-corrected chi connectivity index (χ2v) is 11.0. The Morgan fingerprint density at radius 3 is 2.58 bits per heavy atom. The lowest BCUT2D eigenvalue weighted by molar-refractivity contribution is -0.122. The molecule has 9 nitrogen and oxygen atoms in total. The van der Waals surface area contributed by atoms with Crippen LogP contribution < -0.4 is 20.3 Å². The van der Waals surface area contributed by atoms with Crippen LogP contribution in [0.15, 0.2) is 60.7 Å². The lowest BCUT2D eigenvalue weighted by Crippen LogP contribution is -2.54. The molecule has 10 heteroatoms. The number of nitrogens with one attached hydrogen (secondary N) is 2. The number of hydrogen-bond acceptors (Lipinski definition) is 7. The Hall–Kier alpha value is -4.49. The summed E-state index contributed by atoms with van der Waals surface area (Å²) in [5, 5.41) is 4.92. The molecule has 1 aromatic heterocycles. The zero-order valence-corrected chi connectivity index (χ0v) is 22.7. The molecule has 3 aromatic rings. The third-order valence-electron chi connectivity index (χ3n) is 7.24. The van der Waals surface area contributed by atoms with Gasteiger partial charge in [0, 0.05) is 47.8 Å². The van der Waals surface area contributed by atoms with Crippen LogP contribution in [0.3, 0.4) is 0 Å². The minimum atomic E-state index is -1.57. The number of pyridine rings is 1. The number of rotatable bonds is 5.